The van der Waals surface area contributed by atoms with Gasteiger partial charge in [-0.25, -0.2) is 0 Å². The second-order valence-electron chi connectivity index (χ2n) is 7.86. The number of rotatable bonds is 5. The van der Waals surface area contributed by atoms with Gasteiger partial charge in [-0.3, -0.25) is 4.79 Å². The van der Waals surface area contributed by atoms with Crippen molar-refractivity contribution in [3.05, 3.63) is 28.8 Å². The van der Waals surface area contributed by atoms with E-state index in [1.807, 2.05) is 0 Å². The van der Waals surface area contributed by atoms with E-state index in [0.29, 0.717) is 18.5 Å². The van der Waals surface area contributed by atoms with Crippen LogP contribution in [0.1, 0.15) is 66.4 Å². The van der Waals surface area contributed by atoms with Crippen molar-refractivity contribution in [3.8, 4) is 5.75 Å². The number of methoxy groups -OCH3 is 1. The topological polar surface area (TPSA) is 50.4 Å². The van der Waals surface area contributed by atoms with Gasteiger partial charge in [0.25, 0.3) is 5.91 Å². The molecule has 0 aromatic heterocycles. The number of carbonyl (C=O) groups excluding carboxylic acids is 1. The molecule has 1 aromatic rings. The van der Waals surface area contributed by atoms with Gasteiger partial charge in [0.2, 0.25) is 0 Å². The highest BCUT2D eigenvalue weighted by molar-refractivity contribution is 5.99. The molecule has 1 amide bonds. The van der Waals surface area contributed by atoms with Crippen molar-refractivity contribution in [2.45, 2.75) is 75.4 Å². The number of nitrogens with one attached hydrogen (secondary N) is 2. The zero-order valence-electron chi connectivity index (χ0n) is 16.4. The van der Waals surface area contributed by atoms with Gasteiger partial charge in [-0.15, -0.1) is 0 Å². The van der Waals surface area contributed by atoms with Crippen LogP contribution in [0.5, 0.6) is 5.75 Å². The Morgan fingerprint density at radius 2 is 1.57 bits per heavy atom. The minimum Gasteiger partial charge on any atom is -0.496 e. The molecule has 2 unspecified atom stereocenters. The number of hydrogen-bond acceptors (Lipinski definition) is 3. The lowest BCUT2D eigenvalue weighted by molar-refractivity contribution is -0.143. The molecule has 1 aromatic carbocycles. The summed E-state index contributed by atoms with van der Waals surface area (Å²) >= 11 is 0. The summed E-state index contributed by atoms with van der Waals surface area (Å²) < 4.78 is 84.6. The van der Waals surface area contributed by atoms with Crippen LogP contribution in [-0.2, 0) is 12.4 Å². The van der Waals surface area contributed by atoms with E-state index >= 15 is 0 Å². The van der Waals surface area contributed by atoms with Gasteiger partial charge in [-0.05, 0) is 37.8 Å². The SMILES string of the molecule is COc1cc(C(F)(F)F)cc(C(F)(F)F)c1C(=O)NC1CCCCC1NC1CCC1. The Kier molecular flexibility index (Phi) is 6.54. The Labute approximate surface area is 170 Å². The largest absolute Gasteiger partial charge is 0.496 e. The Morgan fingerprint density at radius 1 is 0.933 bits per heavy atom. The Bertz CT molecular complexity index is 774. The second kappa shape index (κ2) is 8.64. The number of hydrogen-bond donors (Lipinski definition) is 2. The number of benzene rings is 1. The van der Waals surface area contributed by atoms with Crippen molar-refractivity contribution in [1.29, 1.82) is 0 Å². The zero-order chi connectivity index (χ0) is 22.1. The first-order valence-corrected chi connectivity index (χ1v) is 9.94. The van der Waals surface area contributed by atoms with Crippen LogP contribution in [-0.4, -0.2) is 31.1 Å². The van der Waals surface area contributed by atoms with E-state index in [0.717, 1.165) is 45.6 Å². The molecule has 2 saturated carbocycles. The monoisotopic (exact) mass is 438 g/mol. The zero-order valence-corrected chi connectivity index (χ0v) is 16.4. The number of halogens is 6. The molecular weight excluding hydrogens is 414 g/mol. The molecule has 2 N–H and O–H groups in total. The van der Waals surface area contributed by atoms with Crippen LogP contribution in [0.25, 0.3) is 0 Å². The van der Waals surface area contributed by atoms with Crippen LogP contribution in [0, 0.1) is 0 Å². The van der Waals surface area contributed by atoms with Crippen LogP contribution in [0.2, 0.25) is 0 Å². The summed E-state index contributed by atoms with van der Waals surface area (Å²) in [5, 5.41) is 6.07. The standard InChI is InChI=1S/C20H24F6N2O2/c1-30-16-10-11(19(21,22)23)9-13(20(24,25)26)17(16)18(29)28-15-8-3-2-7-14(15)27-12-5-4-6-12/h9-10,12,14-15,27H,2-8H2,1H3,(H,28,29). The van der Waals surface area contributed by atoms with E-state index < -0.39 is 46.7 Å². The second-order valence-corrected chi connectivity index (χ2v) is 7.86. The Hall–Kier alpha value is -1.97. The quantitative estimate of drug-likeness (QED) is 0.642. The normalized spacial score (nSPS) is 23.0. The fraction of sp³-hybridized carbons (Fsp3) is 0.650. The molecule has 30 heavy (non-hydrogen) atoms. The molecule has 0 saturated heterocycles. The summed E-state index contributed by atoms with van der Waals surface area (Å²) in [6.07, 6.45) is -3.92. The van der Waals surface area contributed by atoms with Crippen molar-refractivity contribution in [1.82, 2.24) is 10.6 Å². The van der Waals surface area contributed by atoms with Crippen LogP contribution in [0.15, 0.2) is 12.1 Å². The lowest BCUT2D eigenvalue weighted by atomic mass is 9.86. The molecule has 3 rings (SSSR count). The van der Waals surface area contributed by atoms with E-state index in [-0.39, 0.29) is 12.1 Å². The fourth-order valence-corrected chi connectivity index (χ4v) is 4.02. The Balaban J connectivity index is 1.91. The highest BCUT2D eigenvalue weighted by atomic mass is 19.4. The van der Waals surface area contributed by atoms with E-state index in [2.05, 4.69) is 10.6 Å². The molecule has 0 heterocycles. The molecule has 4 nitrogen and oxygen atoms in total. The summed E-state index contributed by atoms with van der Waals surface area (Å²) in [4.78, 5) is 12.8. The summed E-state index contributed by atoms with van der Waals surface area (Å²) in [6, 6.07) is 0.235. The van der Waals surface area contributed by atoms with E-state index in [1.54, 1.807) is 0 Å². The van der Waals surface area contributed by atoms with Crippen molar-refractivity contribution in [2.24, 2.45) is 0 Å². The first kappa shape index (κ1) is 22.7. The first-order valence-electron chi connectivity index (χ1n) is 9.94. The molecular formula is C20H24F6N2O2. The highest BCUT2D eigenvalue weighted by Crippen LogP contribution is 2.41. The van der Waals surface area contributed by atoms with Crippen molar-refractivity contribution in [2.75, 3.05) is 7.11 Å². The highest BCUT2D eigenvalue weighted by Gasteiger charge is 2.42. The number of amides is 1. The van der Waals surface area contributed by atoms with Gasteiger partial charge < -0.3 is 15.4 Å². The maximum absolute atomic E-state index is 13.6. The van der Waals surface area contributed by atoms with Crippen LogP contribution < -0.4 is 15.4 Å². The van der Waals surface area contributed by atoms with E-state index in [9.17, 15) is 31.1 Å². The lowest BCUT2D eigenvalue weighted by Gasteiger charge is -2.38. The van der Waals surface area contributed by atoms with Crippen molar-refractivity contribution >= 4 is 5.91 Å². The van der Waals surface area contributed by atoms with Crippen molar-refractivity contribution in [3.63, 3.8) is 0 Å². The van der Waals surface area contributed by atoms with Crippen LogP contribution in [0.3, 0.4) is 0 Å². The van der Waals surface area contributed by atoms with Gasteiger partial charge in [0.1, 0.15) is 5.75 Å². The predicted octanol–water partition coefficient (Wildman–Crippen LogP) is 4.92. The molecule has 2 fully saturated rings. The first-order chi connectivity index (χ1) is 14.0. The molecule has 10 heteroatoms. The average Bonchev–Trinajstić information content (AvgIpc) is 2.63. The van der Waals surface area contributed by atoms with E-state index in [4.69, 9.17) is 4.74 Å². The molecule has 0 aliphatic heterocycles. The summed E-state index contributed by atoms with van der Waals surface area (Å²) in [5.41, 5.74) is -4.11. The van der Waals surface area contributed by atoms with Crippen LogP contribution in [0.4, 0.5) is 26.3 Å². The van der Waals surface area contributed by atoms with Gasteiger partial charge in [-0.1, -0.05) is 19.3 Å². The molecule has 2 atom stereocenters. The molecule has 0 radical (unpaired) electrons. The molecule has 0 bridgehead atoms. The maximum Gasteiger partial charge on any atom is 0.417 e. The van der Waals surface area contributed by atoms with Gasteiger partial charge in [0.15, 0.2) is 0 Å². The van der Waals surface area contributed by atoms with Crippen molar-refractivity contribution < 1.29 is 35.9 Å². The number of carbonyl (C=O) groups is 1. The molecule has 2 aliphatic carbocycles. The van der Waals surface area contributed by atoms with Gasteiger partial charge >= 0.3 is 12.4 Å². The summed E-state index contributed by atoms with van der Waals surface area (Å²) in [7, 11) is 0.938. The minimum atomic E-state index is -5.16. The third kappa shape index (κ3) is 5.01. The third-order valence-corrected chi connectivity index (χ3v) is 5.82. The summed E-state index contributed by atoms with van der Waals surface area (Å²) in [6.45, 7) is 0. The van der Waals surface area contributed by atoms with Gasteiger partial charge in [0.05, 0.1) is 23.8 Å². The number of ether oxygens (including phenoxy) is 1. The third-order valence-electron chi connectivity index (χ3n) is 5.82. The van der Waals surface area contributed by atoms with Gasteiger partial charge in [0, 0.05) is 18.1 Å². The molecule has 2 aliphatic rings. The summed E-state index contributed by atoms with van der Waals surface area (Å²) in [5.74, 6) is -1.84. The average molecular weight is 438 g/mol. The maximum atomic E-state index is 13.6. The predicted molar refractivity (Wildman–Crippen MR) is 97.3 cm³/mol. The van der Waals surface area contributed by atoms with Gasteiger partial charge in [-0.2, -0.15) is 26.3 Å². The molecule has 0 spiro atoms. The fourth-order valence-electron chi connectivity index (χ4n) is 4.02. The molecule has 168 valence electrons. The number of alkyl halides is 6. The Morgan fingerprint density at radius 3 is 2.07 bits per heavy atom. The lowest BCUT2D eigenvalue weighted by Crippen LogP contribution is -2.55. The minimum absolute atomic E-state index is 0.0393. The van der Waals surface area contributed by atoms with E-state index in [1.165, 1.54) is 0 Å². The van der Waals surface area contributed by atoms with Crippen LogP contribution >= 0.6 is 0 Å². The smallest absolute Gasteiger partial charge is 0.417 e.